The SMILES string of the molecule is CCC[C@@H](C)NC(=O)c1ccc(OCC)c(COCC(C)C)c1. The molecule has 1 atom stereocenters. The monoisotopic (exact) mass is 321 g/mol. The van der Waals surface area contributed by atoms with Gasteiger partial charge in [0.2, 0.25) is 0 Å². The van der Waals surface area contributed by atoms with Crippen molar-refractivity contribution in [2.24, 2.45) is 5.92 Å². The van der Waals surface area contributed by atoms with Crippen molar-refractivity contribution in [3.63, 3.8) is 0 Å². The van der Waals surface area contributed by atoms with Gasteiger partial charge in [-0.15, -0.1) is 0 Å². The predicted molar refractivity (Wildman–Crippen MR) is 93.9 cm³/mol. The number of hydrogen-bond acceptors (Lipinski definition) is 3. The molecule has 1 aromatic rings. The third-order valence-electron chi connectivity index (χ3n) is 3.43. The third kappa shape index (κ3) is 7.04. The first-order valence-electron chi connectivity index (χ1n) is 8.62. The van der Waals surface area contributed by atoms with E-state index in [2.05, 4.69) is 26.1 Å². The first-order chi connectivity index (χ1) is 11.0. The van der Waals surface area contributed by atoms with Crippen LogP contribution in [0.1, 0.15) is 63.4 Å². The second kappa shape index (κ2) is 10.3. The summed E-state index contributed by atoms with van der Waals surface area (Å²) >= 11 is 0. The Bertz CT molecular complexity index is 486. The number of ether oxygens (including phenoxy) is 2. The molecule has 0 bridgehead atoms. The van der Waals surface area contributed by atoms with Crippen molar-refractivity contribution in [3.05, 3.63) is 29.3 Å². The molecule has 1 N–H and O–H groups in total. The second-order valence-corrected chi connectivity index (χ2v) is 6.33. The fraction of sp³-hybridized carbons (Fsp3) is 0.632. The molecule has 1 amide bonds. The average Bonchev–Trinajstić information content (AvgIpc) is 2.48. The molecule has 4 heteroatoms. The van der Waals surface area contributed by atoms with E-state index in [4.69, 9.17) is 9.47 Å². The maximum absolute atomic E-state index is 12.3. The molecular weight excluding hydrogens is 290 g/mol. The summed E-state index contributed by atoms with van der Waals surface area (Å²) in [6.07, 6.45) is 2.03. The van der Waals surface area contributed by atoms with Crippen LogP contribution in [0.25, 0.3) is 0 Å². The molecule has 0 radical (unpaired) electrons. The van der Waals surface area contributed by atoms with Crippen molar-refractivity contribution >= 4 is 5.91 Å². The maximum atomic E-state index is 12.3. The lowest BCUT2D eigenvalue weighted by molar-refractivity contribution is 0.0927. The fourth-order valence-corrected chi connectivity index (χ4v) is 2.35. The molecule has 130 valence electrons. The largest absolute Gasteiger partial charge is 0.494 e. The van der Waals surface area contributed by atoms with Gasteiger partial charge < -0.3 is 14.8 Å². The van der Waals surface area contributed by atoms with Crippen LogP contribution < -0.4 is 10.1 Å². The molecule has 0 aliphatic carbocycles. The Labute approximate surface area is 140 Å². The number of carbonyl (C=O) groups is 1. The average molecular weight is 321 g/mol. The number of amides is 1. The highest BCUT2D eigenvalue weighted by molar-refractivity contribution is 5.94. The van der Waals surface area contributed by atoms with Crippen molar-refractivity contribution in [1.29, 1.82) is 0 Å². The molecule has 0 spiro atoms. The lowest BCUT2D eigenvalue weighted by atomic mass is 10.1. The second-order valence-electron chi connectivity index (χ2n) is 6.33. The van der Waals surface area contributed by atoms with Gasteiger partial charge in [-0.05, 0) is 44.4 Å². The van der Waals surface area contributed by atoms with Gasteiger partial charge in [0.05, 0.1) is 13.2 Å². The van der Waals surface area contributed by atoms with E-state index in [-0.39, 0.29) is 11.9 Å². The molecule has 23 heavy (non-hydrogen) atoms. The lowest BCUT2D eigenvalue weighted by Crippen LogP contribution is -2.32. The van der Waals surface area contributed by atoms with Crippen LogP contribution in [0.2, 0.25) is 0 Å². The van der Waals surface area contributed by atoms with Crippen LogP contribution in [-0.4, -0.2) is 25.2 Å². The van der Waals surface area contributed by atoms with Crippen LogP contribution in [0.5, 0.6) is 5.75 Å². The van der Waals surface area contributed by atoms with Gasteiger partial charge >= 0.3 is 0 Å². The van der Waals surface area contributed by atoms with Gasteiger partial charge in [-0.1, -0.05) is 27.2 Å². The Hall–Kier alpha value is -1.55. The van der Waals surface area contributed by atoms with Crippen molar-refractivity contribution in [3.8, 4) is 5.75 Å². The van der Waals surface area contributed by atoms with E-state index in [1.807, 2.05) is 32.0 Å². The Morgan fingerprint density at radius 2 is 1.96 bits per heavy atom. The van der Waals surface area contributed by atoms with Gasteiger partial charge in [-0.3, -0.25) is 4.79 Å². The van der Waals surface area contributed by atoms with Crippen molar-refractivity contribution in [2.45, 2.75) is 60.1 Å². The zero-order chi connectivity index (χ0) is 17.2. The predicted octanol–water partition coefficient (Wildman–Crippen LogP) is 4.18. The standard InChI is InChI=1S/C19H31NO3/c1-6-8-15(5)20-19(21)16-9-10-18(23-7-2)17(11-16)13-22-12-14(3)4/h9-11,14-15H,6-8,12-13H2,1-5H3,(H,20,21)/t15-/m1/s1. The van der Waals surface area contributed by atoms with Crippen molar-refractivity contribution in [1.82, 2.24) is 5.32 Å². The molecule has 0 unspecified atom stereocenters. The van der Waals surface area contributed by atoms with Crippen LogP contribution in [0.15, 0.2) is 18.2 Å². The summed E-state index contributed by atoms with van der Waals surface area (Å²) in [4.78, 5) is 12.3. The van der Waals surface area contributed by atoms with Crippen molar-refractivity contribution in [2.75, 3.05) is 13.2 Å². The number of nitrogens with one attached hydrogen (secondary N) is 1. The molecular formula is C19H31NO3. The summed E-state index contributed by atoms with van der Waals surface area (Å²) in [6, 6.07) is 5.72. The third-order valence-corrected chi connectivity index (χ3v) is 3.43. The van der Waals surface area contributed by atoms with E-state index >= 15 is 0 Å². The van der Waals surface area contributed by atoms with Gasteiger partial charge in [0.1, 0.15) is 5.75 Å². The van der Waals surface area contributed by atoms with Crippen LogP contribution >= 0.6 is 0 Å². The highest BCUT2D eigenvalue weighted by Crippen LogP contribution is 2.22. The summed E-state index contributed by atoms with van der Waals surface area (Å²) in [5.41, 5.74) is 1.57. The minimum Gasteiger partial charge on any atom is -0.494 e. The summed E-state index contributed by atoms with van der Waals surface area (Å²) in [6.45, 7) is 12.1. The normalized spacial score (nSPS) is 12.3. The van der Waals surface area contributed by atoms with E-state index in [9.17, 15) is 4.79 Å². The van der Waals surface area contributed by atoms with Crippen LogP contribution in [0.3, 0.4) is 0 Å². The van der Waals surface area contributed by atoms with Crippen LogP contribution in [0, 0.1) is 5.92 Å². The van der Waals surface area contributed by atoms with E-state index in [1.165, 1.54) is 0 Å². The van der Waals surface area contributed by atoms with E-state index in [1.54, 1.807) is 0 Å². The number of benzene rings is 1. The molecule has 0 fully saturated rings. The highest BCUT2D eigenvalue weighted by atomic mass is 16.5. The summed E-state index contributed by atoms with van der Waals surface area (Å²) in [7, 11) is 0. The summed E-state index contributed by atoms with van der Waals surface area (Å²) in [5.74, 6) is 1.22. The first-order valence-corrected chi connectivity index (χ1v) is 8.62. The molecule has 0 aliphatic rings. The zero-order valence-corrected chi connectivity index (χ0v) is 15.1. The molecule has 1 rings (SSSR count). The molecule has 0 aliphatic heterocycles. The van der Waals surface area contributed by atoms with Crippen LogP contribution in [-0.2, 0) is 11.3 Å². The molecule has 4 nitrogen and oxygen atoms in total. The fourth-order valence-electron chi connectivity index (χ4n) is 2.35. The summed E-state index contributed by atoms with van der Waals surface area (Å²) < 4.78 is 11.3. The topological polar surface area (TPSA) is 47.6 Å². The smallest absolute Gasteiger partial charge is 0.251 e. The Kier molecular flexibility index (Phi) is 8.70. The minimum atomic E-state index is -0.0425. The number of carbonyl (C=O) groups excluding carboxylic acids is 1. The zero-order valence-electron chi connectivity index (χ0n) is 15.1. The number of hydrogen-bond donors (Lipinski definition) is 1. The molecule has 0 saturated carbocycles. The lowest BCUT2D eigenvalue weighted by Gasteiger charge is -2.15. The highest BCUT2D eigenvalue weighted by Gasteiger charge is 2.13. The van der Waals surface area contributed by atoms with Gasteiger partial charge in [-0.2, -0.15) is 0 Å². The molecule has 0 aromatic heterocycles. The van der Waals surface area contributed by atoms with E-state index < -0.39 is 0 Å². The summed E-state index contributed by atoms with van der Waals surface area (Å²) in [5, 5.41) is 3.03. The maximum Gasteiger partial charge on any atom is 0.251 e. The molecule has 0 saturated heterocycles. The van der Waals surface area contributed by atoms with E-state index in [0.717, 1.165) is 24.2 Å². The van der Waals surface area contributed by atoms with Gasteiger partial charge in [0.25, 0.3) is 5.91 Å². The molecule has 1 aromatic carbocycles. The van der Waals surface area contributed by atoms with E-state index in [0.29, 0.717) is 31.3 Å². The molecule has 0 heterocycles. The Morgan fingerprint density at radius 3 is 2.57 bits per heavy atom. The first kappa shape index (κ1) is 19.5. The van der Waals surface area contributed by atoms with Crippen molar-refractivity contribution < 1.29 is 14.3 Å². The Balaban J connectivity index is 2.82. The minimum absolute atomic E-state index is 0.0425. The van der Waals surface area contributed by atoms with Gasteiger partial charge in [0.15, 0.2) is 0 Å². The Morgan fingerprint density at radius 1 is 1.22 bits per heavy atom. The van der Waals surface area contributed by atoms with Gasteiger partial charge in [-0.25, -0.2) is 0 Å². The van der Waals surface area contributed by atoms with Crippen LogP contribution in [0.4, 0.5) is 0 Å². The van der Waals surface area contributed by atoms with Gasteiger partial charge in [0, 0.05) is 23.8 Å². The quantitative estimate of drug-likeness (QED) is 0.703. The number of rotatable bonds is 10.